The van der Waals surface area contributed by atoms with E-state index in [1.165, 1.54) is 0 Å². The van der Waals surface area contributed by atoms with Gasteiger partial charge in [-0.15, -0.1) is 0 Å². The van der Waals surface area contributed by atoms with Crippen LogP contribution in [-0.4, -0.2) is 17.4 Å². The van der Waals surface area contributed by atoms with Gasteiger partial charge in [-0.2, -0.15) is 0 Å². The average Bonchev–Trinajstić information content (AvgIpc) is 2.60. The van der Waals surface area contributed by atoms with Crippen LogP contribution in [0.4, 0.5) is 11.4 Å². The molecule has 2 N–H and O–H groups in total. The molecular weight excluding hydrogens is 286 g/mol. The molecule has 0 bridgehead atoms. The van der Waals surface area contributed by atoms with Crippen molar-refractivity contribution in [1.29, 1.82) is 0 Å². The molecule has 4 nitrogen and oxygen atoms in total. The van der Waals surface area contributed by atoms with Crippen molar-refractivity contribution in [3.63, 3.8) is 0 Å². The number of aromatic nitrogens is 1. The number of benzene rings is 2. The first-order valence-corrected chi connectivity index (χ1v) is 7.73. The van der Waals surface area contributed by atoms with E-state index in [9.17, 15) is 4.79 Å². The molecule has 0 fully saturated rings. The number of nitrogens with one attached hydrogen (secondary N) is 2. The number of pyridine rings is 1. The van der Waals surface area contributed by atoms with Crippen LogP contribution in [0, 0.1) is 0 Å². The summed E-state index contributed by atoms with van der Waals surface area (Å²) in [6.45, 7) is 2.28. The number of carbonyl (C=O) groups is 1. The van der Waals surface area contributed by atoms with E-state index in [-0.39, 0.29) is 12.5 Å². The lowest BCUT2D eigenvalue weighted by atomic mass is 10.1. The number of nitrogens with zero attached hydrogens (tertiary/aromatic N) is 1. The molecule has 0 saturated carbocycles. The fraction of sp³-hybridized carbons (Fsp3) is 0.158. The minimum atomic E-state index is -0.0705. The highest BCUT2D eigenvalue weighted by molar-refractivity contribution is 5.96. The highest BCUT2D eigenvalue weighted by Gasteiger charge is 2.07. The van der Waals surface area contributed by atoms with Crippen LogP contribution < -0.4 is 10.6 Å². The molecule has 0 atom stereocenters. The molecular formula is C19H19N3O. The third kappa shape index (κ3) is 3.48. The number of carbonyl (C=O) groups excluding carboxylic acids is 1. The Hall–Kier alpha value is -2.88. The number of aryl methyl sites for hydroxylation is 1. The largest absolute Gasteiger partial charge is 0.374 e. The van der Waals surface area contributed by atoms with Crippen molar-refractivity contribution in [1.82, 2.24) is 4.98 Å². The van der Waals surface area contributed by atoms with Crippen molar-refractivity contribution < 1.29 is 4.79 Å². The van der Waals surface area contributed by atoms with E-state index >= 15 is 0 Å². The lowest BCUT2D eigenvalue weighted by molar-refractivity contribution is -0.114. The van der Waals surface area contributed by atoms with E-state index in [4.69, 9.17) is 0 Å². The first-order valence-electron chi connectivity index (χ1n) is 7.73. The van der Waals surface area contributed by atoms with Crippen LogP contribution in [0.15, 0.2) is 60.8 Å². The van der Waals surface area contributed by atoms with Gasteiger partial charge < -0.3 is 10.6 Å². The molecule has 0 aliphatic heterocycles. The summed E-state index contributed by atoms with van der Waals surface area (Å²) in [7, 11) is 0. The first-order chi connectivity index (χ1) is 11.3. The van der Waals surface area contributed by atoms with E-state index in [2.05, 4.69) is 22.5 Å². The molecule has 4 heteroatoms. The number of hydrogen-bond acceptors (Lipinski definition) is 3. The molecule has 0 aliphatic carbocycles. The van der Waals surface area contributed by atoms with Crippen LogP contribution in [-0.2, 0) is 11.2 Å². The molecule has 0 saturated heterocycles. The highest BCUT2D eigenvalue weighted by Crippen LogP contribution is 2.20. The minimum absolute atomic E-state index is 0.0705. The summed E-state index contributed by atoms with van der Waals surface area (Å²) in [6.07, 6.45) is 2.64. The number of rotatable bonds is 5. The molecule has 0 spiro atoms. The van der Waals surface area contributed by atoms with Gasteiger partial charge in [-0.25, -0.2) is 0 Å². The van der Waals surface area contributed by atoms with Gasteiger partial charge in [0.2, 0.25) is 5.91 Å². The average molecular weight is 305 g/mol. The number of hydrogen-bond donors (Lipinski definition) is 2. The van der Waals surface area contributed by atoms with Gasteiger partial charge in [-0.05, 0) is 30.2 Å². The van der Waals surface area contributed by atoms with Crippen molar-refractivity contribution in [3.05, 3.63) is 66.4 Å². The zero-order valence-electron chi connectivity index (χ0n) is 13.0. The zero-order chi connectivity index (χ0) is 16.1. The maximum Gasteiger partial charge on any atom is 0.243 e. The summed E-state index contributed by atoms with van der Waals surface area (Å²) < 4.78 is 0. The number of fused-ring (bicyclic) bond motifs is 1. The Balaban J connectivity index is 1.69. The van der Waals surface area contributed by atoms with Crippen molar-refractivity contribution in [2.45, 2.75) is 13.3 Å². The van der Waals surface area contributed by atoms with Crippen molar-refractivity contribution in [3.8, 4) is 0 Å². The molecule has 0 radical (unpaired) electrons. The molecule has 1 amide bonds. The van der Waals surface area contributed by atoms with Crippen LogP contribution in [0.3, 0.4) is 0 Å². The Kier molecular flexibility index (Phi) is 4.52. The molecule has 23 heavy (non-hydrogen) atoms. The fourth-order valence-corrected chi connectivity index (χ4v) is 2.57. The van der Waals surface area contributed by atoms with Crippen LogP contribution in [0.25, 0.3) is 10.9 Å². The Morgan fingerprint density at radius 3 is 2.65 bits per heavy atom. The van der Waals surface area contributed by atoms with Gasteiger partial charge in [-0.3, -0.25) is 9.78 Å². The second-order valence-electron chi connectivity index (χ2n) is 5.29. The zero-order valence-corrected chi connectivity index (χ0v) is 13.0. The first kappa shape index (κ1) is 15.0. The predicted molar refractivity (Wildman–Crippen MR) is 94.7 cm³/mol. The molecule has 1 heterocycles. The van der Waals surface area contributed by atoms with Crippen LogP contribution in [0.1, 0.15) is 12.5 Å². The van der Waals surface area contributed by atoms with Gasteiger partial charge >= 0.3 is 0 Å². The van der Waals surface area contributed by atoms with Crippen molar-refractivity contribution >= 4 is 28.2 Å². The van der Waals surface area contributed by atoms with Gasteiger partial charge in [0.05, 0.1) is 17.7 Å². The Bertz CT molecular complexity index is 824. The second-order valence-corrected chi connectivity index (χ2v) is 5.29. The summed E-state index contributed by atoms with van der Waals surface area (Å²) >= 11 is 0. The van der Waals surface area contributed by atoms with Gasteiger partial charge in [0.15, 0.2) is 0 Å². The third-order valence-corrected chi connectivity index (χ3v) is 3.74. The maximum atomic E-state index is 12.2. The van der Waals surface area contributed by atoms with Crippen LogP contribution in [0.2, 0.25) is 0 Å². The molecule has 0 aliphatic rings. The Morgan fingerprint density at radius 2 is 1.78 bits per heavy atom. The van der Waals surface area contributed by atoms with Crippen molar-refractivity contribution in [2.75, 3.05) is 17.2 Å². The summed E-state index contributed by atoms with van der Waals surface area (Å²) in [5, 5.41) is 7.18. The van der Waals surface area contributed by atoms with E-state index in [0.717, 1.165) is 34.3 Å². The normalized spacial score (nSPS) is 10.5. The number of anilines is 2. The fourth-order valence-electron chi connectivity index (χ4n) is 2.57. The van der Waals surface area contributed by atoms with E-state index < -0.39 is 0 Å². The van der Waals surface area contributed by atoms with Gasteiger partial charge in [-0.1, -0.05) is 43.3 Å². The van der Waals surface area contributed by atoms with Gasteiger partial charge in [0.25, 0.3) is 0 Å². The summed E-state index contributed by atoms with van der Waals surface area (Å²) in [6, 6.07) is 17.7. The SMILES string of the molecule is CCc1ccccc1NC(=O)CNc1cccc2cccnc12. The molecule has 3 rings (SSSR count). The molecule has 2 aromatic carbocycles. The van der Waals surface area contributed by atoms with Crippen LogP contribution >= 0.6 is 0 Å². The predicted octanol–water partition coefficient (Wildman–Crippen LogP) is 3.85. The minimum Gasteiger partial charge on any atom is -0.374 e. The third-order valence-electron chi connectivity index (χ3n) is 3.74. The lowest BCUT2D eigenvalue weighted by Crippen LogP contribution is -2.22. The molecule has 0 unspecified atom stereocenters. The summed E-state index contributed by atoms with van der Waals surface area (Å²) in [5.74, 6) is -0.0705. The van der Waals surface area contributed by atoms with Crippen molar-refractivity contribution in [2.24, 2.45) is 0 Å². The van der Waals surface area contributed by atoms with Crippen LogP contribution in [0.5, 0.6) is 0 Å². The monoisotopic (exact) mass is 305 g/mol. The Morgan fingerprint density at radius 1 is 1.00 bits per heavy atom. The standard InChI is InChI=1S/C19H19N3O/c1-2-14-7-3-4-10-16(14)22-18(23)13-21-17-11-5-8-15-9-6-12-20-19(15)17/h3-12,21H,2,13H2,1H3,(H,22,23). The second kappa shape index (κ2) is 6.92. The maximum absolute atomic E-state index is 12.2. The quantitative estimate of drug-likeness (QED) is 0.753. The van der Waals surface area contributed by atoms with Gasteiger partial charge in [0, 0.05) is 17.3 Å². The smallest absolute Gasteiger partial charge is 0.243 e. The van der Waals surface area contributed by atoms with E-state index in [1.54, 1.807) is 6.20 Å². The number of amides is 1. The molecule has 3 aromatic rings. The highest BCUT2D eigenvalue weighted by atomic mass is 16.1. The van der Waals surface area contributed by atoms with Gasteiger partial charge in [0.1, 0.15) is 0 Å². The summed E-state index contributed by atoms with van der Waals surface area (Å²) in [4.78, 5) is 16.6. The molecule has 1 aromatic heterocycles. The Labute approximate surface area is 135 Å². The summed E-state index contributed by atoms with van der Waals surface area (Å²) in [5.41, 5.74) is 3.74. The van der Waals surface area contributed by atoms with E-state index in [1.807, 2.05) is 54.6 Å². The number of para-hydroxylation sites is 2. The van der Waals surface area contributed by atoms with E-state index in [0.29, 0.717) is 0 Å². The topological polar surface area (TPSA) is 54.0 Å². The lowest BCUT2D eigenvalue weighted by Gasteiger charge is -2.11. The molecule has 116 valence electrons.